The zero-order valence-corrected chi connectivity index (χ0v) is 33.6. The highest BCUT2D eigenvalue weighted by molar-refractivity contribution is 6.14. The van der Waals surface area contributed by atoms with Gasteiger partial charge in [-0.2, -0.15) is 0 Å². The Labute approximate surface area is 345 Å². The van der Waals surface area contributed by atoms with Gasteiger partial charge < -0.3 is 4.57 Å². The first-order valence-electron chi connectivity index (χ1n) is 20.7. The number of nitrogens with zero attached hydrogens (tertiary/aromatic N) is 1. The van der Waals surface area contributed by atoms with Gasteiger partial charge in [-0.05, 0) is 136 Å². The first-order valence-corrected chi connectivity index (χ1v) is 20.7. The molecule has 0 amide bonds. The van der Waals surface area contributed by atoms with Crippen LogP contribution in [0.15, 0.2) is 206 Å². The summed E-state index contributed by atoms with van der Waals surface area (Å²) in [6, 6.07) is 73.0. The van der Waals surface area contributed by atoms with Crippen molar-refractivity contribution in [2.45, 2.75) is 26.2 Å². The normalized spacial score (nSPS) is 12.8. The molecule has 0 radical (unpaired) electrons. The molecule has 10 aromatic carbocycles. The van der Waals surface area contributed by atoms with Gasteiger partial charge in [-0.15, -0.1) is 0 Å². The van der Waals surface area contributed by atoms with Crippen molar-refractivity contribution in [2.24, 2.45) is 0 Å². The Bertz CT molecular complexity index is 3360. The standard InChI is InChI=1S/C44H33N.C14H10/c1-28-27-45(33-19-21-38-37-20-17-30(29-11-5-4-6-12-29)25-41(37)44(2,3)42(38)26-33)43-22-18-32(23-39(28)43)40-24-31-13-7-8-14-34(31)35-15-9-10-16-36(35)40;1-3-7-13-11(5-1)9-10-12-6-2-4-8-14(12)13/h4-27H,1-3H3;1-10H. The number of fused-ring (bicyclic) bond motifs is 10. The lowest BCUT2D eigenvalue weighted by Crippen LogP contribution is -2.15. The molecule has 1 nitrogen and oxygen atoms in total. The van der Waals surface area contributed by atoms with Crippen LogP contribution in [0.3, 0.4) is 0 Å². The van der Waals surface area contributed by atoms with Gasteiger partial charge in [0.05, 0.1) is 5.52 Å². The van der Waals surface area contributed by atoms with E-state index in [0.717, 1.165) is 0 Å². The van der Waals surface area contributed by atoms with Crippen LogP contribution in [0.5, 0.6) is 0 Å². The van der Waals surface area contributed by atoms with Gasteiger partial charge in [0.15, 0.2) is 0 Å². The van der Waals surface area contributed by atoms with Gasteiger partial charge in [0.25, 0.3) is 0 Å². The zero-order valence-electron chi connectivity index (χ0n) is 33.6. The molecule has 0 unspecified atom stereocenters. The molecule has 0 N–H and O–H groups in total. The third-order valence-electron chi connectivity index (χ3n) is 12.8. The lowest BCUT2D eigenvalue weighted by atomic mass is 9.81. The summed E-state index contributed by atoms with van der Waals surface area (Å²) in [5.41, 5.74) is 14.2. The Morgan fingerprint density at radius 2 is 0.898 bits per heavy atom. The molecule has 0 saturated carbocycles. The van der Waals surface area contributed by atoms with Gasteiger partial charge in [0, 0.05) is 22.7 Å². The van der Waals surface area contributed by atoms with Crippen molar-refractivity contribution in [3.05, 3.63) is 223 Å². The molecule has 0 aliphatic heterocycles. The van der Waals surface area contributed by atoms with Crippen LogP contribution in [0.25, 0.3) is 93.1 Å². The molecule has 1 heterocycles. The number of aromatic nitrogens is 1. The maximum Gasteiger partial charge on any atom is 0.0531 e. The van der Waals surface area contributed by atoms with Crippen molar-refractivity contribution in [3.63, 3.8) is 0 Å². The SMILES string of the molecule is Cc1cn(-c2ccc3c(c2)C(C)(C)c2cc(-c4ccccc4)ccc2-3)c2ccc(-c3cc4ccccc4c4ccccc34)cc12.c1ccc2c(c1)ccc1ccccc12. The van der Waals surface area contributed by atoms with Crippen LogP contribution in [-0.4, -0.2) is 4.57 Å². The summed E-state index contributed by atoms with van der Waals surface area (Å²) in [5.74, 6) is 0. The van der Waals surface area contributed by atoms with E-state index in [1.807, 2.05) is 0 Å². The smallest absolute Gasteiger partial charge is 0.0531 e. The van der Waals surface area contributed by atoms with Crippen molar-refractivity contribution in [3.8, 4) is 39.1 Å². The van der Waals surface area contributed by atoms with Gasteiger partial charge in [-0.3, -0.25) is 0 Å². The molecule has 0 fully saturated rings. The van der Waals surface area contributed by atoms with Gasteiger partial charge in [-0.25, -0.2) is 0 Å². The topological polar surface area (TPSA) is 4.93 Å². The van der Waals surface area contributed by atoms with Crippen molar-refractivity contribution in [2.75, 3.05) is 0 Å². The van der Waals surface area contributed by atoms with Crippen LogP contribution in [0.4, 0.5) is 0 Å². The highest BCUT2D eigenvalue weighted by Crippen LogP contribution is 2.50. The van der Waals surface area contributed by atoms with Gasteiger partial charge in [0.2, 0.25) is 0 Å². The molecule has 1 aromatic heterocycles. The molecule has 0 spiro atoms. The predicted octanol–water partition coefficient (Wildman–Crippen LogP) is 15.9. The molecule has 0 saturated heterocycles. The van der Waals surface area contributed by atoms with Gasteiger partial charge in [-0.1, -0.05) is 178 Å². The molecule has 0 atom stereocenters. The fraction of sp³-hybridized carbons (Fsp3) is 0.0690. The number of hydrogen-bond donors (Lipinski definition) is 0. The van der Waals surface area contributed by atoms with E-state index in [-0.39, 0.29) is 5.41 Å². The minimum Gasteiger partial charge on any atom is -0.316 e. The van der Waals surface area contributed by atoms with Crippen molar-refractivity contribution >= 4 is 54.0 Å². The van der Waals surface area contributed by atoms with Gasteiger partial charge in [0.1, 0.15) is 0 Å². The number of aryl methyl sites for hydroxylation is 1. The quantitative estimate of drug-likeness (QED) is 0.158. The largest absolute Gasteiger partial charge is 0.316 e. The third kappa shape index (κ3) is 5.76. The molecule has 1 aliphatic rings. The van der Waals surface area contributed by atoms with Crippen LogP contribution in [0.1, 0.15) is 30.5 Å². The predicted molar refractivity (Wildman–Crippen MR) is 253 cm³/mol. The van der Waals surface area contributed by atoms with Crippen LogP contribution in [-0.2, 0) is 5.41 Å². The molecule has 1 heteroatoms. The Kier molecular flexibility index (Phi) is 8.13. The summed E-state index contributed by atoms with van der Waals surface area (Å²) in [5, 5.41) is 11.8. The van der Waals surface area contributed by atoms with Crippen molar-refractivity contribution in [1.29, 1.82) is 0 Å². The van der Waals surface area contributed by atoms with Crippen molar-refractivity contribution in [1.82, 2.24) is 4.57 Å². The summed E-state index contributed by atoms with van der Waals surface area (Å²) in [6.45, 7) is 6.98. The second-order valence-electron chi connectivity index (χ2n) is 16.6. The molecule has 1 aliphatic carbocycles. The summed E-state index contributed by atoms with van der Waals surface area (Å²) in [7, 11) is 0. The lowest BCUT2D eigenvalue weighted by molar-refractivity contribution is 0.660. The van der Waals surface area contributed by atoms with E-state index in [2.05, 4.69) is 232 Å². The average molecular weight is 754 g/mol. The Morgan fingerprint density at radius 1 is 0.356 bits per heavy atom. The van der Waals surface area contributed by atoms with E-state index in [1.165, 1.54) is 110 Å². The summed E-state index contributed by atoms with van der Waals surface area (Å²) < 4.78 is 2.38. The van der Waals surface area contributed by atoms with E-state index >= 15 is 0 Å². The first kappa shape index (κ1) is 35.0. The molecule has 12 rings (SSSR count). The first-order chi connectivity index (χ1) is 28.9. The minimum atomic E-state index is -0.0895. The highest BCUT2D eigenvalue weighted by Gasteiger charge is 2.36. The maximum absolute atomic E-state index is 2.42. The van der Waals surface area contributed by atoms with E-state index < -0.39 is 0 Å². The van der Waals surface area contributed by atoms with Crippen LogP contribution < -0.4 is 0 Å². The zero-order chi connectivity index (χ0) is 39.7. The molecular formula is C58H43N. The minimum absolute atomic E-state index is 0.0895. The molecule has 59 heavy (non-hydrogen) atoms. The lowest BCUT2D eigenvalue weighted by Gasteiger charge is -2.23. The van der Waals surface area contributed by atoms with E-state index in [4.69, 9.17) is 0 Å². The van der Waals surface area contributed by atoms with Crippen molar-refractivity contribution < 1.29 is 0 Å². The number of rotatable bonds is 3. The highest BCUT2D eigenvalue weighted by atomic mass is 15.0. The number of hydrogen-bond acceptors (Lipinski definition) is 0. The van der Waals surface area contributed by atoms with E-state index in [1.54, 1.807) is 0 Å². The van der Waals surface area contributed by atoms with E-state index in [0.29, 0.717) is 0 Å². The van der Waals surface area contributed by atoms with Crippen LogP contribution >= 0.6 is 0 Å². The molecule has 0 bridgehead atoms. The summed E-state index contributed by atoms with van der Waals surface area (Å²) in [6.07, 6.45) is 2.30. The molecule has 280 valence electrons. The van der Waals surface area contributed by atoms with Crippen LogP contribution in [0, 0.1) is 6.92 Å². The monoisotopic (exact) mass is 753 g/mol. The molecule has 11 aromatic rings. The Morgan fingerprint density at radius 3 is 1.59 bits per heavy atom. The van der Waals surface area contributed by atoms with Gasteiger partial charge >= 0.3 is 0 Å². The number of benzene rings is 10. The summed E-state index contributed by atoms with van der Waals surface area (Å²) in [4.78, 5) is 0. The van der Waals surface area contributed by atoms with E-state index in [9.17, 15) is 0 Å². The summed E-state index contributed by atoms with van der Waals surface area (Å²) >= 11 is 0. The van der Waals surface area contributed by atoms with Crippen LogP contribution in [0.2, 0.25) is 0 Å². The fourth-order valence-corrected chi connectivity index (χ4v) is 9.71. The second kappa shape index (κ2) is 13.7. The maximum atomic E-state index is 2.42. The second-order valence-corrected chi connectivity index (χ2v) is 16.6. The Balaban J connectivity index is 0.000000238. The fourth-order valence-electron chi connectivity index (χ4n) is 9.71. The average Bonchev–Trinajstić information content (AvgIpc) is 3.75. The molecular weight excluding hydrogens is 711 g/mol. The third-order valence-corrected chi connectivity index (χ3v) is 12.8. The Hall–Kier alpha value is -7.22.